The molecular weight excluding hydrogens is 385 g/mol. The molecule has 8 heteroatoms. The number of unbranched alkanes of at least 4 members (excludes halogenated alkanes) is 1. The molecule has 7 nitrogen and oxygen atoms in total. The molecule has 1 aliphatic heterocycles. The molecule has 3 N–H and O–H groups in total. The van der Waals surface area contributed by atoms with E-state index in [9.17, 15) is 14.0 Å². The SMILES string of the molecule is CCCCNC(=O)N1CCN(c2ccc(NC(=O)Nc3ccccc3F)cc2)CC1. The number of benzene rings is 2. The van der Waals surface area contributed by atoms with Crippen LogP contribution in [0.1, 0.15) is 19.8 Å². The number of anilines is 3. The zero-order valence-electron chi connectivity index (χ0n) is 17.2. The van der Waals surface area contributed by atoms with Crippen LogP contribution in [0.15, 0.2) is 48.5 Å². The van der Waals surface area contributed by atoms with Gasteiger partial charge in [0.05, 0.1) is 5.69 Å². The summed E-state index contributed by atoms with van der Waals surface area (Å²) in [6.07, 6.45) is 2.05. The van der Waals surface area contributed by atoms with E-state index in [0.29, 0.717) is 25.3 Å². The quantitative estimate of drug-likeness (QED) is 0.624. The summed E-state index contributed by atoms with van der Waals surface area (Å²) in [5.74, 6) is -0.485. The average Bonchev–Trinajstić information content (AvgIpc) is 2.76. The lowest BCUT2D eigenvalue weighted by atomic mass is 10.2. The number of halogens is 1. The highest BCUT2D eigenvalue weighted by Crippen LogP contribution is 2.20. The number of hydrogen-bond acceptors (Lipinski definition) is 3. The molecule has 0 bridgehead atoms. The molecule has 0 spiro atoms. The van der Waals surface area contributed by atoms with Gasteiger partial charge in [-0.2, -0.15) is 0 Å². The van der Waals surface area contributed by atoms with Crippen molar-refractivity contribution in [2.75, 3.05) is 48.3 Å². The Kier molecular flexibility index (Phi) is 7.48. The average molecular weight is 413 g/mol. The number of carbonyl (C=O) groups excluding carboxylic acids is 2. The molecular formula is C22H28FN5O2. The molecule has 0 radical (unpaired) electrons. The fourth-order valence-electron chi connectivity index (χ4n) is 3.25. The Hall–Kier alpha value is -3.29. The first-order valence-electron chi connectivity index (χ1n) is 10.3. The maximum absolute atomic E-state index is 13.6. The van der Waals surface area contributed by atoms with E-state index >= 15 is 0 Å². The van der Waals surface area contributed by atoms with Gasteiger partial charge in [0.25, 0.3) is 0 Å². The number of nitrogens with zero attached hydrogens (tertiary/aromatic N) is 2. The molecule has 0 saturated carbocycles. The van der Waals surface area contributed by atoms with Crippen LogP contribution in [0, 0.1) is 5.82 Å². The molecule has 1 aliphatic rings. The Labute approximate surface area is 176 Å². The van der Waals surface area contributed by atoms with E-state index in [4.69, 9.17) is 0 Å². The van der Waals surface area contributed by atoms with Crippen molar-refractivity contribution >= 4 is 29.1 Å². The first-order chi connectivity index (χ1) is 14.6. The van der Waals surface area contributed by atoms with E-state index in [1.165, 1.54) is 12.1 Å². The van der Waals surface area contributed by atoms with Gasteiger partial charge in [-0.3, -0.25) is 0 Å². The molecule has 4 amide bonds. The molecule has 2 aromatic carbocycles. The maximum Gasteiger partial charge on any atom is 0.323 e. The first kappa shape index (κ1) is 21.4. The van der Waals surface area contributed by atoms with Gasteiger partial charge >= 0.3 is 12.1 Å². The minimum absolute atomic E-state index is 0.00325. The minimum atomic E-state index is -0.504. The highest BCUT2D eigenvalue weighted by Gasteiger charge is 2.21. The van der Waals surface area contributed by atoms with E-state index in [0.717, 1.165) is 31.6 Å². The summed E-state index contributed by atoms with van der Waals surface area (Å²) in [5.41, 5.74) is 1.77. The predicted octanol–water partition coefficient (Wildman–Crippen LogP) is 4.10. The third kappa shape index (κ3) is 5.85. The summed E-state index contributed by atoms with van der Waals surface area (Å²) in [6, 6.07) is 13.0. The number of rotatable bonds is 6. The second-order valence-corrected chi connectivity index (χ2v) is 7.17. The van der Waals surface area contributed by atoms with Crippen molar-refractivity contribution in [2.24, 2.45) is 0 Å². The summed E-state index contributed by atoms with van der Waals surface area (Å²) >= 11 is 0. The molecule has 0 aromatic heterocycles. The monoisotopic (exact) mass is 413 g/mol. The summed E-state index contributed by atoms with van der Waals surface area (Å²) in [5, 5.41) is 8.14. The first-order valence-corrected chi connectivity index (χ1v) is 10.3. The number of nitrogens with one attached hydrogen (secondary N) is 3. The fraction of sp³-hybridized carbons (Fsp3) is 0.364. The van der Waals surface area contributed by atoms with E-state index in [2.05, 4.69) is 27.8 Å². The molecule has 30 heavy (non-hydrogen) atoms. The number of carbonyl (C=O) groups is 2. The number of amides is 4. The lowest BCUT2D eigenvalue weighted by Gasteiger charge is -2.36. The molecule has 0 atom stereocenters. The second-order valence-electron chi connectivity index (χ2n) is 7.17. The van der Waals surface area contributed by atoms with Gasteiger partial charge in [-0.25, -0.2) is 14.0 Å². The molecule has 1 saturated heterocycles. The third-order valence-electron chi connectivity index (χ3n) is 4.99. The highest BCUT2D eigenvalue weighted by molar-refractivity contribution is 5.99. The standard InChI is InChI=1S/C22H28FN5O2/c1-2-3-12-24-22(30)28-15-13-27(14-16-28)18-10-8-17(9-11-18)25-21(29)26-20-7-5-4-6-19(20)23/h4-11H,2-3,12-16H2,1H3,(H,24,30)(H2,25,26,29). The van der Waals surface area contributed by atoms with E-state index in [1.54, 1.807) is 24.3 Å². The van der Waals surface area contributed by atoms with Gasteiger partial charge in [-0.1, -0.05) is 25.5 Å². The number of para-hydroxylation sites is 1. The highest BCUT2D eigenvalue weighted by atomic mass is 19.1. The van der Waals surface area contributed by atoms with E-state index in [-0.39, 0.29) is 11.7 Å². The smallest absolute Gasteiger partial charge is 0.323 e. The van der Waals surface area contributed by atoms with Crippen molar-refractivity contribution < 1.29 is 14.0 Å². The fourth-order valence-corrected chi connectivity index (χ4v) is 3.25. The minimum Gasteiger partial charge on any atom is -0.368 e. The second kappa shape index (κ2) is 10.5. The normalized spacial score (nSPS) is 13.7. The van der Waals surface area contributed by atoms with Crippen LogP contribution in [0.2, 0.25) is 0 Å². The molecule has 2 aromatic rings. The number of piperazine rings is 1. The Balaban J connectivity index is 1.47. The van der Waals surface area contributed by atoms with Crippen molar-refractivity contribution in [1.29, 1.82) is 0 Å². The van der Waals surface area contributed by atoms with Gasteiger partial charge in [0.1, 0.15) is 5.82 Å². The Morgan fingerprint density at radius 1 is 0.967 bits per heavy atom. The lowest BCUT2D eigenvalue weighted by molar-refractivity contribution is 0.194. The summed E-state index contributed by atoms with van der Waals surface area (Å²) in [6.45, 7) is 5.66. The van der Waals surface area contributed by atoms with Crippen molar-refractivity contribution in [3.8, 4) is 0 Å². The molecule has 0 unspecified atom stereocenters. The Bertz CT molecular complexity index is 851. The van der Waals surface area contributed by atoms with Gasteiger partial charge < -0.3 is 25.8 Å². The van der Waals surface area contributed by atoms with Gasteiger partial charge in [0.15, 0.2) is 0 Å². The van der Waals surface area contributed by atoms with Crippen LogP contribution >= 0.6 is 0 Å². The zero-order chi connectivity index (χ0) is 21.3. The molecule has 0 aliphatic carbocycles. The predicted molar refractivity (Wildman–Crippen MR) is 118 cm³/mol. The topological polar surface area (TPSA) is 76.7 Å². The zero-order valence-corrected chi connectivity index (χ0v) is 17.2. The van der Waals surface area contributed by atoms with Crippen LogP contribution in [0.5, 0.6) is 0 Å². The van der Waals surface area contributed by atoms with Crippen molar-refractivity contribution in [3.05, 3.63) is 54.3 Å². The summed E-state index contributed by atoms with van der Waals surface area (Å²) in [4.78, 5) is 28.3. The van der Waals surface area contributed by atoms with Crippen LogP contribution < -0.4 is 20.9 Å². The Morgan fingerprint density at radius 3 is 2.33 bits per heavy atom. The van der Waals surface area contributed by atoms with Crippen molar-refractivity contribution in [1.82, 2.24) is 10.2 Å². The van der Waals surface area contributed by atoms with Gasteiger partial charge in [-0.15, -0.1) is 0 Å². The summed E-state index contributed by atoms with van der Waals surface area (Å²) in [7, 11) is 0. The van der Waals surface area contributed by atoms with Crippen molar-refractivity contribution in [2.45, 2.75) is 19.8 Å². The van der Waals surface area contributed by atoms with Gasteiger partial charge in [0.2, 0.25) is 0 Å². The van der Waals surface area contributed by atoms with E-state index < -0.39 is 11.8 Å². The molecule has 1 fully saturated rings. The largest absolute Gasteiger partial charge is 0.368 e. The third-order valence-corrected chi connectivity index (χ3v) is 4.99. The maximum atomic E-state index is 13.6. The number of hydrogen-bond donors (Lipinski definition) is 3. The molecule has 1 heterocycles. The van der Waals surface area contributed by atoms with Crippen LogP contribution in [0.4, 0.5) is 31.0 Å². The van der Waals surface area contributed by atoms with Crippen LogP contribution in [0.3, 0.4) is 0 Å². The van der Waals surface area contributed by atoms with Crippen molar-refractivity contribution in [3.63, 3.8) is 0 Å². The Morgan fingerprint density at radius 2 is 1.67 bits per heavy atom. The number of urea groups is 2. The van der Waals surface area contributed by atoms with Crippen LogP contribution in [-0.4, -0.2) is 49.7 Å². The lowest BCUT2D eigenvalue weighted by Crippen LogP contribution is -2.52. The molecule has 160 valence electrons. The van der Waals surface area contributed by atoms with E-state index in [1.807, 2.05) is 17.0 Å². The summed E-state index contributed by atoms with van der Waals surface area (Å²) < 4.78 is 13.6. The van der Waals surface area contributed by atoms with Gasteiger partial charge in [0, 0.05) is 44.1 Å². The van der Waals surface area contributed by atoms with Crippen LogP contribution in [0.25, 0.3) is 0 Å². The van der Waals surface area contributed by atoms with Crippen LogP contribution in [-0.2, 0) is 0 Å². The van der Waals surface area contributed by atoms with Gasteiger partial charge in [-0.05, 0) is 42.8 Å². The molecule has 3 rings (SSSR count).